The highest BCUT2D eigenvalue weighted by Crippen LogP contribution is 2.14. The first kappa shape index (κ1) is 18.0. The molecule has 3 rings (SSSR count). The molecule has 0 aliphatic heterocycles. The van der Waals surface area contributed by atoms with Crippen LogP contribution in [0.3, 0.4) is 0 Å². The maximum absolute atomic E-state index is 4.68. The van der Waals surface area contributed by atoms with Crippen molar-refractivity contribution in [3.63, 3.8) is 0 Å². The largest absolute Gasteiger partial charge is 0.357 e. The predicted molar refractivity (Wildman–Crippen MR) is 109 cm³/mol. The van der Waals surface area contributed by atoms with Gasteiger partial charge in [-0.05, 0) is 38.0 Å². The fourth-order valence-corrected chi connectivity index (χ4v) is 3.05. The highest BCUT2D eigenvalue weighted by Gasteiger charge is 2.06. The van der Waals surface area contributed by atoms with Crippen LogP contribution in [0.2, 0.25) is 0 Å². The van der Waals surface area contributed by atoms with Crippen LogP contribution in [0, 0.1) is 6.92 Å². The predicted octanol–water partition coefficient (Wildman–Crippen LogP) is 3.14. The summed E-state index contributed by atoms with van der Waals surface area (Å²) < 4.78 is 2.25. The van der Waals surface area contributed by atoms with Crippen LogP contribution in [0.15, 0.2) is 59.6 Å². The van der Waals surface area contributed by atoms with Gasteiger partial charge in [-0.25, -0.2) is 4.98 Å². The summed E-state index contributed by atoms with van der Waals surface area (Å²) >= 11 is 0. The molecule has 0 unspecified atom stereocenters. The summed E-state index contributed by atoms with van der Waals surface area (Å²) in [7, 11) is 0. The number of hydrogen-bond donors (Lipinski definition) is 2. The Morgan fingerprint density at radius 1 is 1.04 bits per heavy atom. The molecule has 0 saturated heterocycles. The lowest BCUT2D eigenvalue weighted by molar-refractivity contribution is 0.660. The number of rotatable bonds is 7. The van der Waals surface area contributed by atoms with Crippen molar-refractivity contribution in [2.24, 2.45) is 4.99 Å². The van der Waals surface area contributed by atoms with Crippen molar-refractivity contribution in [3.05, 3.63) is 66.0 Å². The molecule has 0 bridgehead atoms. The van der Waals surface area contributed by atoms with E-state index < -0.39 is 0 Å². The average Bonchev–Trinajstić information content (AvgIpc) is 2.98. The highest BCUT2D eigenvalue weighted by atomic mass is 15.2. The van der Waals surface area contributed by atoms with E-state index in [0.717, 1.165) is 49.9 Å². The Kier molecular flexibility index (Phi) is 6.25. The molecule has 0 spiro atoms. The van der Waals surface area contributed by atoms with Crippen LogP contribution in [-0.2, 0) is 13.0 Å². The Balaban J connectivity index is 1.56. The number of nitrogens with zero attached hydrogens (tertiary/aromatic N) is 3. The Hall–Kier alpha value is -2.82. The number of aryl methyl sites for hydroxylation is 1. The van der Waals surface area contributed by atoms with Gasteiger partial charge < -0.3 is 15.2 Å². The maximum atomic E-state index is 4.68. The summed E-state index contributed by atoms with van der Waals surface area (Å²) in [4.78, 5) is 9.30. The van der Waals surface area contributed by atoms with Crippen molar-refractivity contribution >= 4 is 17.0 Å². The minimum absolute atomic E-state index is 0.770. The quantitative estimate of drug-likeness (QED) is 0.509. The lowest BCUT2D eigenvalue weighted by atomic mass is 10.2. The van der Waals surface area contributed by atoms with Crippen LogP contribution >= 0.6 is 0 Å². The third-order valence-electron chi connectivity index (χ3n) is 4.33. The number of nitrogens with one attached hydrogen (secondary N) is 2. The van der Waals surface area contributed by atoms with Gasteiger partial charge in [-0.1, -0.05) is 42.5 Å². The van der Waals surface area contributed by atoms with Crippen LogP contribution in [0.4, 0.5) is 0 Å². The van der Waals surface area contributed by atoms with E-state index in [1.807, 2.05) is 12.1 Å². The molecule has 3 aromatic rings. The Bertz CT molecular complexity index is 851. The van der Waals surface area contributed by atoms with E-state index in [2.05, 4.69) is 81.5 Å². The van der Waals surface area contributed by atoms with Gasteiger partial charge >= 0.3 is 0 Å². The molecule has 0 aliphatic carbocycles. The first-order valence-electron chi connectivity index (χ1n) is 9.26. The van der Waals surface area contributed by atoms with Crippen LogP contribution < -0.4 is 10.6 Å². The SMILES string of the molecule is CCNC(=NCCc1ccccc1)NCCn1c(C)nc2ccccc21. The van der Waals surface area contributed by atoms with Crippen LogP contribution in [0.25, 0.3) is 11.0 Å². The zero-order valence-electron chi connectivity index (χ0n) is 15.6. The van der Waals surface area contributed by atoms with Gasteiger partial charge in [0, 0.05) is 26.2 Å². The molecule has 1 heterocycles. The zero-order chi connectivity index (χ0) is 18.2. The summed E-state index contributed by atoms with van der Waals surface area (Å²) in [6.45, 7) is 7.42. The van der Waals surface area contributed by atoms with E-state index in [0.29, 0.717) is 0 Å². The lowest BCUT2D eigenvalue weighted by Crippen LogP contribution is -2.39. The fourth-order valence-electron chi connectivity index (χ4n) is 3.05. The molecular weight excluding hydrogens is 322 g/mol. The lowest BCUT2D eigenvalue weighted by Gasteiger charge is -2.13. The number of aliphatic imine (C=N–C) groups is 1. The summed E-state index contributed by atoms with van der Waals surface area (Å²) in [5, 5.41) is 6.74. The number of benzene rings is 2. The summed E-state index contributed by atoms with van der Waals surface area (Å²) in [6.07, 6.45) is 0.947. The first-order valence-corrected chi connectivity index (χ1v) is 9.26. The molecule has 0 atom stereocenters. The normalized spacial score (nSPS) is 11.7. The second-order valence-corrected chi connectivity index (χ2v) is 6.22. The topological polar surface area (TPSA) is 54.2 Å². The molecule has 0 amide bonds. The van der Waals surface area contributed by atoms with E-state index in [4.69, 9.17) is 0 Å². The smallest absolute Gasteiger partial charge is 0.191 e. The maximum Gasteiger partial charge on any atom is 0.191 e. The zero-order valence-corrected chi connectivity index (χ0v) is 15.6. The average molecular weight is 349 g/mol. The molecule has 0 saturated carbocycles. The van der Waals surface area contributed by atoms with Gasteiger partial charge in [0.05, 0.1) is 11.0 Å². The minimum atomic E-state index is 0.770. The molecule has 0 aliphatic rings. The van der Waals surface area contributed by atoms with Crippen molar-refractivity contribution in [2.45, 2.75) is 26.8 Å². The first-order chi connectivity index (χ1) is 12.8. The molecule has 2 N–H and O–H groups in total. The van der Waals surface area contributed by atoms with Gasteiger partial charge in [-0.2, -0.15) is 0 Å². The van der Waals surface area contributed by atoms with E-state index in [9.17, 15) is 0 Å². The van der Waals surface area contributed by atoms with Crippen molar-refractivity contribution in [1.29, 1.82) is 0 Å². The van der Waals surface area contributed by atoms with Crippen LogP contribution in [0.1, 0.15) is 18.3 Å². The van der Waals surface area contributed by atoms with Crippen molar-refractivity contribution in [2.75, 3.05) is 19.6 Å². The Labute approximate surface area is 155 Å². The minimum Gasteiger partial charge on any atom is -0.357 e. The van der Waals surface area contributed by atoms with Gasteiger partial charge in [0.2, 0.25) is 0 Å². The van der Waals surface area contributed by atoms with Gasteiger partial charge in [0.15, 0.2) is 5.96 Å². The molecule has 5 heteroatoms. The number of aromatic nitrogens is 2. The van der Waals surface area contributed by atoms with Gasteiger partial charge in [0.25, 0.3) is 0 Å². The number of hydrogen-bond acceptors (Lipinski definition) is 2. The Morgan fingerprint density at radius 2 is 1.81 bits per heavy atom. The standard InChI is InChI=1S/C21H27N5/c1-3-22-21(23-14-13-18-9-5-4-6-10-18)24-15-16-26-17(2)25-19-11-7-8-12-20(19)26/h4-12H,3,13-16H2,1-2H3,(H2,22,23,24). The second kappa shape index (κ2) is 9.04. The summed E-state index contributed by atoms with van der Waals surface area (Å²) in [5.41, 5.74) is 3.54. The van der Waals surface area contributed by atoms with Gasteiger partial charge in [0.1, 0.15) is 5.82 Å². The summed E-state index contributed by atoms with van der Waals surface area (Å²) in [5.74, 6) is 1.91. The van der Waals surface area contributed by atoms with Crippen molar-refractivity contribution in [3.8, 4) is 0 Å². The third kappa shape index (κ3) is 4.63. The van der Waals surface area contributed by atoms with E-state index in [1.165, 1.54) is 11.1 Å². The van der Waals surface area contributed by atoms with Crippen LogP contribution in [0.5, 0.6) is 0 Å². The molecule has 1 aromatic heterocycles. The fraction of sp³-hybridized carbons (Fsp3) is 0.333. The number of para-hydroxylation sites is 2. The number of imidazole rings is 1. The molecule has 2 aromatic carbocycles. The van der Waals surface area contributed by atoms with Crippen LogP contribution in [-0.4, -0.2) is 35.1 Å². The molecule has 136 valence electrons. The number of fused-ring (bicyclic) bond motifs is 1. The Morgan fingerprint density at radius 3 is 2.62 bits per heavy atom. The number of guanidine groups is 1. The molecule has 5 nitrogen and oxygen atoms in total. The molecule has 0 fully saturated rings. The monoisotopic (exact) mass is 349 g/mol. The molecule has 26 heavy (non-hydrogen) atoms. The van der Waals surface area contributed by atoms with Gasteiger partial charge in [-0.15, -0.1) is 0 Å². The van der Waals surface area contributed by atoms with Crippen molar-refractivity contribution < 1.29 is 0 Å². The van der Waals surface area contributed by atoms with E-state index in [1.54, 1.807) is 0 Å². The third-order valence-corrected chi connectivity index (χ3v) is 4.33. The molecule has 0 radical (unpaired) electrons. The van der Waals surface area contributed by atoms with E-state index in [-0.39, 0.29) is 0 Å². The van der Waals surface area contributed by atoms with Crippen molar-refractivity contribution in [1.82, 2.24) is 20.2 Å². The summed E-state index contributed by atoms with van der Waals surface area (Å²) in [6, 6.07) is 18.7. The molecular formula is C21H27N5. The highest BCUT2D eigenvalue weighted by molar-refractivity contribution is 5.79. The second-order valence-electron chi connectivity index (χ2n) is 6.22. The van der Waals surface area contributed by atoms with E-state index >= 15 is 0 Å². The van der Waals surface area contributed by atoms with Gasteiger partial charge in [-0.3, -0.25) is 4.99 Å².